The minimum Gasteiger partial charge on any atom is -0.478 e. The zero-order valence-electron chi connectivity index (χ0n) is 15.1. The van der Waals surface area contributed by atoms with Crippen LogP contribution in [0.5, 0.6) is 11.6 Å². The number of hydrogen-bond donors (Lipinski definition) is 2. The molecule has 0 atom stereocenters. The quantitative estimate of drug-likeness (QED) is 0.335. The molecule has 6 nitrogen and oxygen atoms in total. The van der Waals surface area contributed by atoms with Gasteiger partial charge in [0.15, 0.2) is 5.96 Å². The fourth-order valence-electron chi connectivity index (χ4n) is 2.26. The summed E-state index contributed by atoms with van der Waals surface area (Å²) in [5, 5.41) is 6.22. The molecule has 0 saturated heterocycles. The third kappa shape index (κ3) is 7.53. The largest absolute Gasteiger partial charge is 0.478 e. The first kappa shape index (κ1) is 22.9. The predicted molar refractivity (Wildman–Crippen MR) is 111 cm³/mol. The summed E-state index contributed by atoms with van der Waals surface area (Å²) in [5.41, 5.74) is 1.49. The zero-order valence-corrected chi connectivity index (χ0v) is 17.4. The van der Waals surface area contributed by atoms with Gasteiger partial charge < -0.3 is 20.1 Å². The second-order valence-corrected chi connectivity index (χ2v) is 5.17. The molecule has 0 spiro atoms. The molecule has 148 valence electrons. The Bertz CT molecular complexity index is 732. The van der Waals surface area contributed by atoms with E-state index in [9.17, 15) is 8.78 Å². The van der Waals surface area contributed by atoms with Crippen LogP contribution in [0.3, 0.4) is 0 Å². The molecule has 0 aliphatic heterocycles. The first-order valence-corrected chi connectivity index (χ1v) is 8.18. The monoisotopic (exact) mass is 492 g/mol. The van der Waals surface area contributed by atoms with Crippen LogP contribution in [0.15, 0.2) is 47.6 Å². The third-order valence-corrected chi connectivity index (χ3v) is 3.44. The van der Waals surface area contributed by atoms with Crippen molar-refractivity contribution < 1.29 is 18.3 Å². The average molecular weight is 492 g/mol. The van der Waals surface area contributed by atoms with Crippen molar-refractivity contribution in [3.8, 4) is 11.6 Å². The van der Waals surface area contributed by atoms with Crippen molar-refractivity contribution in [2.45, 2.75) is 26.6 Å². The van der Waals surface area contributed by atoms with Crippen LogP contribution >= 0.6 is 24.0 Å². The Kier molecular flexibility index (Phi) is 10.4. The summed E-state index contributed by atoms with van der Waals surface area (Å²) in [7, 11) is 1.63. The maximum Gasteiger partial charge on any atom is 0.387 e. The van der Waals surface area contributed by atoms with E-state index in [4.69, 9.17) is 4.74 Å². The number of alkyl halides is 2. The van der Waals surface area contributed by atoms with E-state index in [0.717, 1.165) is 5.56 Å². The Morgan fingerprint density at radius 3 is 2.44 bits per heavy atom. The molecule has 0 radical (unpaired) electrons. The molecule has 2 aromatic rings. The number of aromatic nitrogens is 1. The number of halogens is 3. The van der Waals surface area contributed by atoms with Crippen LogP contribution in [-0.4, -0.2) is 31.2 Å². The molecule has 0 aliphatic rings. The molecule has 0 amide bonds. The summed E-state index contributed by atoms with van der Waals surface area (Å²) in [5.74, 6) is 1.22. The van der Waals surface area contributed by atoms with Gasteiger partial charge in [-0.25, -0.2) is 4.98 Å². The molecule has 2 N–H and O–H groups in total. The van der Waals surface area contributed by atoms with E-state index in [1.807, 2.05) is 19.1 Å². The molecular weight excluding hydrogens is 469 g/mol. The van der Waals surface area contributed by atoms with Gasteiger partial charge in [-0.1, -0.05) is 24.3 Å². The van der Waals surface area contributed by atoms with Gasteiger partial charge in [0.05, 0.1) is 6.61 Å². The SMILES string of the molecule is CCOc1ncccc1CNC(=NC)NCc1ccccc1OC(F)F.I. The second-order valence-electron chi connectivity index (χ2n) is 5.17. The van der Waals surface area contributed by atoms with Crippen LogP contribution in [-0.2, 0) is 13.1 Å². The second kappa shape index (κ2) is 12.3. The lowest BCUT2D eigenvalue weighted by molar-refractivity contribution is -0.0504. The van der Waals surface area contributed by atoms with Crippen molar-refractivity contribution in [1.29, 1.82) is 0 Å². The standard InChI is InChI=1S/C18H22F2N4O2.HI/c1-3-25-16-14(8-6-10-22-16)12-24-18(21-2)23-11-13-7-4-5-9-15(13)26-17(19)20;/h4-10,17H,3,11-12H2,1-2H3,(H2,21,23,24);1H. The Hall–Kier alpha value is -2.17. The van der Waals surface area contributed by atoms with Crippen LogP contribution in [0.4, 0.5) is 8.78 Å². The summed E-state index contributed by atoms with van der Waals surface area (Å²) in [4.78, 5) is 8.32. The van der Waals surface area contributed by atoms with Crippen LogP contribution in [0, 0.1) is 0 Å². The summed E-state index contributed by atoms with van der Waals surface area (Å²) >= 11 is 0. The summed E-state index contributed by atoms with van der Waals surface area (Å²) < 4.78 is 35.0. The van der Waals surface area contributed by atoms with Gasteiger partial charge in [0, 0.05) is 37.5 Å². The smallest absolute Gasteiger partial charge is 0.387 e. The summed E-state index contributed by atoms with van der Waals surface area (Å²) in [6.45, 7) is 0.297. The lowest BCUT2D eigenvalue weighted by atomic mass is 10.2. The number of ether oxygens (including phenoxy) is 2. The lowest BCUT2D eigenvalue weighted by Crippen LogP contribution is -2.36. The lowest BCUT2D eigenvalue weighted by Gasteiger charge is -2.15. The van der Waals surface area contributed by atoms with Crippen molar-refractivity contribution in [1.82, 2.24) is 15.6 Å². The van der Waals surface area contributed by atoms with Crippen molar-refractivity contribution in [3.63, 3.8) is 0 Å². The minimum absolute atomic E-state index is 0. The van der Waals surface area contributed by atoms with Crippen LogP contribution in [0.2, 0.25) is 0 Å². The highest BCUT2D eigenvalue weighted by atomic mass is 127. The van der Waals surface area contributed by atoms with Crippen molar-refractivity contribution in [2.24, 2.45) is 4.99 Å². The van der Waals surface area contributed by atoms with Crippen molar-refractivity contribution in [2.75, 3.05) is 13.7 Å². The Morgan fingerprint density at radius 2 is 1.78 bits per heavy atom. The fraction of sp³-hybridized carbons (Fsp3) is 0.333. The number of benzene rings is 1. The molecule has 27 heavy (non-hydrogen) atoms. The van der Waals surface area contributed by atoms with Crippen LogP contribution < -0.4 is 20.1 Å². The van der Waals surface area contributed by atoms with E-state index in [1.165, 1.54) is 6.07 Å². The Morgan fingerprint density at radius 1 is 1.11 bits per heavy atom. The maximum absolute atomic E-state index is 12.5. The number of nitrogens with one attached hydrogen (secondary N) is 2. The van der Waals surface area contributed by atoms with Gasteiger partial charge in [-0.05, 0) is 19.1 Å². The molecule has 1 heterocycles. The predicted octanol–water partition coefficient (Wildman–Crippen LogP) is 3.56. The molecular formula is C18H23F2IN4O2. The van der Waals surface area contributed by atoms with Gasteiger partial charge in [0.2, 0.25) is 5.88 Å². The number of para-hydroxylation sites is 1. The number of guanidine groups is 1. The van der Waals surface area contributed by atoms with E-state index >= 15 is 0 Å². The van der Waals surface area contributed by atoms with Gasteiger partial charge in [0.25, 0.3) is 0 Å². The van der Waals surface area contributed by atoms with Crippen molar-refractivity contribution >= 4 is 29.9 Å². The third-order valence-electron chi connectivity index (χ3n) is 3.44. The van der Waals surface area contributed by atoms with E-state index in [-0.39, 0.29) is 36.3 Å². The fourth-order valence-corrected chi connectivity index (χ4v) is 2.26. The molecule has 9 heteroatoms. The first-order chi connectivity index (χ1) is 12.6. The molecule has 0 saturated carbocycles. The summed E-state index contributed by atoms with van der Waals surface area (Å²) in [6.07, 6.45) is 1.67. The van der Waals surface area contributed by atoms with Gasteiger partial charge >= 0.3 is 6.61 Å². The van der Waals surface area contributed by atoms with E-state index in [1.54, 1.807) is 31.4 Å². The Labute approximate surface area is 174 Å². The Balaban J connectivity index is 0.00000364. The van der Waals surface area contributed by atoms with E-state index in [2.05, 4.69) is 25.3 Å². The van der Waals surface area contributed by atoms with Crippen molar-refractivity contribution in [3.05, 3.63) is 53.7 Å². The number of nitrogens with zero attached hydrogens (tertiary/aromatic N) is 2. The molecule has 0 unspecified atom stereocenters. The highest BCUT2D eigenvalue weighted by Crippen LogP contribution is 2.20. The molecule has 0 fully saturated rings. The molecule has 1 aromatic carbocycles. The van der Waals surface area contributed by atoms with Gasteiger partial charge in [-0.2, -0.15) is 8.78 Å². The zero-order chi connectivity index (χ0) is 18.8. The average Bonchev–Trinajstić information content (AvgIpc) is 2.64. The molecule has 0 bridgehead atoms. The van der Waals surface area contributed by atoms with Crippen LogP contribution in [0.25, 0.3) is 0 Å². The maximum atomic E-state index is 12.5. The summed E-state index contributed by atoms with van der Waals surface area (Å²) in [6, 6.07) is 10.4. The van der Waals surface area contributed by atoms with E-state index < -0.39 is 6.61 Å². The normalized spacial score (nSPS) is 10.9. The van der Waals surface area contributed by atoms with Gasteiger partial charge in [-0.3, -0.25) is 4.99 Å². The highest BCUT2D eigenvalue weighted by Gasteiger charge is 2.10. The molecule has 0 aliphatic carbocycles. The molecule has 2 rings (SSSR count). The number of aliphatic imine (C=N–C) groups is 1. The van der Waals surface area contributed by atoms with Gasteiger partial charge in [0.1, 0.15) is 5.75 Å². The number of hydrogen-bond acceptors (Lipinski definition) is 4. The van der Waals surface area contributed by atoms with E-state index in [0.29, 0.717) is 30.6 Å². The molecule has 1 aromatic heterocycles. The minimum atomic E-state index is -2.86. The number of rotatable bonds is 8. The first-order valence-electron chi connectivity index (χ1n) is 8.18. The topological polar surface area (TPSA) is 67.8 Å². The number of pyridine rings is 1. The highest BCUT2D eigenvalue weighted by molar-refractivity contribution is 14.0. The van der Waals surface area contributed by atoms with Crippen LogP contribution in [0.1, 0.15) is 18.1 Å². The van der Waals surface area contributed by atoms with Gasteiger partial charge in [-0.15, -0.1) is 24.0 Å².